The number of sulfonamides is 1. The van der Waals surface area contributed by atoms with E-state index in [2.05, 4.69) is 14.8 Å². The molecule has 2 aromatic heterocycles. The topological polar surface area (TPSA) is 76.9 Å². The van der Waals surface area contributed by atoms with E-state index in [0.29, 0.717) is 22.3 Å². The smallest absolute Gasteiger partial charge is 0.242 e. The van der Waals surface area contributed by atoms with E-state index in [9.17, 15) is 12.8 Å². The lowest BCUT2D eigenvalue weighted by Crippen LogP contribution is -2.27. The Morgan fingerprint density at radius 2 is 1.92 bits per heavy atom. The van der Waals surface area contributed by atoms with Gasteiger partial charge in [-0.25, -0.2) is 22.5 Å². The maximum Gasteiger partial charge on any atom is 0.242 e. The number of hydrogen-bond acceptors (Lipinski definition) is 4. The molecule has 0 amide bonds. The van der Waals surface area contributed by atoms with Crippen LogP contribution in [0.3, 0.4) is 0 Å². The molecule has 0 bridgehead atoms. The number of fused-ring (bicyclic) bond motifs is 1. The van der Waals surface area contributed by atoms with Crippen molar-refractivity contribution < 1.29 is 12.8 Å². The van der Waals surface area contributed by atoms with Gasteiger partial charge in [0.15, 0.2) is 5.65 Å². The average Bonchev–Trinajstić information content (AvgIpc) is 2.82. The van der Waals surface area contributed by atoms with Gasteiger partial charge in [-0.3, -0.25) is 4.68 Å². The number of benzene rings is 1. The highest BCUT2D eigenvalue weighted by Crippen LogP contribution is 2.21. The van der Waals surface area contributed by atoms with Crippen LogP contribution in [0.1, 0.15) is 24.2 Å². The Morgan fingerprint density at radius 1 is 1.25 bits per heavy atom. The molecular formula is C16H17FN4O2S. The van der Waals surface area contributed by atoms with E-state index in [1.54, 1.807) is 43.8 Å². The lowest BCUT2D eigenvalue weighted by molar-refractivity contribution is 0.566. The van der Waals surface area contributed by atoms with E-state index in [0.717, 1.165) is 0 Å². The fourth-order valence-corrected chi connectivity index (χ4v) is 3.76. The summed E-state index contributed by atoms with van der Waals surface area (Å²) in [5.41, 5.74) is 2.01. The summed E-state index contributed by atoms with van der Waals surface area (Å²) in [5.74, 6) is -0.365. The van der Waals surface area contributed by atoms with Crippen LogP contribution in [-0.2, 0) is 17.1 Å². The number of rotatable bonds is 4. The Labute approximate surface area is 139 Å². The summed E-state index contributed by atoms with van der Waals surface area (Å²) in [6, 6.07) is 6.76. The zero-order valence-corrected chi connectivity index (χ0v) is 14.3. The van der Waals surface area contributed by atoms with Crippen LogP contribution in [-0.4, -0.2) is 23.2 Å². The molecule has 0 aliphatic rings. The van der Waals surface area contributed by atoms with E-state index in [4.69, 9.17) is 0 Å². The molecule has 0 radical (unpaired) electrons. The number of pyridine rings is 1. The molecule has 0 saturated heterocycles. The molecule has 1 atom stereocenters. The predicted molar refractivity (Wildman–Crippen MR) is 88.4 cm³/mol. The molecule has 0 spiro atoms. The summed E-state index contributed by atoms with van der Waals surface area (Å²) in [6.07, 6.45) is 1.31. The van der Waals surface area contributed by atoms with Crippen molar-refractivity contribution in [2.45, 2.75) is 24.8 Å². The standard InChI is InChI=1S/C16H17FN4O2S/c1-10(12-4-6-13(17)7-5-12)20-24(22,23)14-8-15-11(2)19-21(3)16(15)18-9-14/h4-10,20H,1-3H3/t10-/m0/s1. The zero-order valence-electron chi connectivity index (χ0n) is 13.5. The third-order valence-electron chi connectivity index (χ3n) is 3.85. The van der Waals surface area contributed by atoms with Gasteiger partial charge in [0.25, 0.3) is 0 Å². The Hall–Kier alpha value is -2.32. The highest BCUT2D eigenvalue weighted by molar-refractivity contribution is 7.89. The normalized spacial score (nSPS) is 13.3. The van der Waals surface area contributed by atoms with Gasteiger partial charge < -0.3 is 0 Å². The molecule has 126 valence electrons. The van der Waals surface area contributed by atoms with Crippen LogP contribution < -0.4 is 4.72 Å². The summed E-state index contributed by atoms with van der Waals surface area (Å²) < 4.78 is 42.4. The first kappa shape index (κ1) is 16.5. The van der Waals surface area contributed by atoms with Crippen LogP contribution in [0.25, 0.3) is 11.0 Å². The van der Waals surface area contributed by atoms with Crippen molar-refractivity contribution in [1.29, 1.82) is 0 Å². The number of hydrogen-bond donors (Lipinski definition) is 1. The van der Waals surface area contributed by atoms with Gasteiger partial charge in [-0.05, 0) is 37.6 Å². The van der Waals surface area contributed by atoms with Gasteiger partial charge in [-0.1, -0.05) is 12.1 Å². The molecule has 6 nitrogen and oxygen atoms in total. The summed E-state index contributed by atoms with van der Waals surface area (Å²) in [5, 5.41) is 4.92. The van der Waals surface area contributed by atoms with Crippen molar-refractivity contribution in [2.24, 2.45) is 7.05 Å². The maximum atomic E-state index is 13.0. The minimum absolute atomic E-state index is 0.0695. The first-order valence-electron chi connectivity index (χ1n) is 7.35. The predicted octanol–water partition coefficient (Wildman–Crippen LogP) is 2.46. The molecule has 2 heterocycles. The monoisotopic (exact) mass is 348 g/mol. The van der Waals surface area contributed by atoms with Crippen molar-refractivity contribution in [3.05, 3.63) is 53.6 Å². The van der Waals surface area contributed by atoms with Gasteiger partial charge in [0.1, 0.15) is 10.7 Å². The van der Waals surface area contributed by atoms with Crippen molar-refractivity contribution in [3.8, 4) is 0 Å². The number of nitrogens with zero attached hydrogens (tertiary/aromatic N) is 3. The van der Waals surface area contributed by atoms with Crippen LogP contribution in [0.15, 0.2) is 41.4 Å². The van der Waals surface area contributed by atoms with Gasteiger partial charge in [0, 0.05) is 24.7 Å². The highest BCUT2D eigenvalue weighted by atomic mass is 32.2. The van der Waals surface area contributed by atoms with Crippen LogP contribution in [0, 0.1) is 12.7 Å². The molecule has 8 heteroatoms. The number of halogens is 1. The Balaban J connectivity index is 1.92. The number of nitrogens with one attached hydrogen (secondary N) is 1. The van der Waals surface area contributed by atoms with Crippen LogP contribution in [0.2, 0.25) is 0 Å². The summed E-state index contributed by atoms with van der Waals surface area (Å²) in [4.78, 5) is 4.26. The van der Waals surface area contributed by atoms with Crippen molar-refractivity contribution in [2.75, 3.05) is 0 Å². The van der Waals surface area contributed by atoms with Gasteiger partial charge in [-0.2, -0.15) is 5.10 Å². The zero-order chi connectivity index (χ0) is 17.5. The quantitative estimate of drug-likeness (QED) is 0.786. The lowest BCUT2D eigenvalue weighted by atomic mass is 10.1. The fourth-order valence-electron chi connectivity index (χ4n) is 2.56. The first-order valence-corrected chi connectivity index (χ1v) is 8.83. The molecule has 1 aromatic carbocycles. The minimum atomic E-state index is -3.76. The largest absolute Gasteiger partial charge is 0.250 e. The maximum absolute atomic E-state index is 13.0. The second-order valence-corrected chi connectivity index (χ2v) is 7.36. The minimum Gasteiger partial charge on any atom is -0.250 e. The molecule has 0 fully saturated rings. The van der Waals surface area contributed by atoms with E-state index in [1.807, 2.05) is 0 Å². The van der Waals surface area contributed by atoms with Crippen LogP contribution >= 0.6 is 0 Å². The molecule has 0 aliphatic carbocycles. The number of aryl methyl sites for hydroxylation is 2. The first-order chi connectivity index (χ1) is 11.3. The van der Waals surface area contributed by atoms with Crippen molar-refractivity contribution >= 4 is 21.1 Å². The Bertz CT molecular complexity index is 997. The van der Waals surface area contributed by atoms with Crippen LogP contribution in [0.4, 0.5) is 4.39 Å². The van der Waals surface area contributed by atoms with E-state index in [1.165, 1.54) is 18.3 Å². The molecule has 0 aliphatic heterocycles. The van der Waals surface area contributed by atoms with Crippen molar-refractivity contribution in [3.63, 3.8) is 0 Å². The Kier molecular flexibility index (Phi) is 4.10. The fraction of sp³-hybridized carbons (Fsp3) is 0.250. The summed E-state index contributed by atoms with van der Waals surface area (Å²) >= 11 is 0. The molecular weight excluding hydrogens is 331 g/mol. The van der Waals surface area contributed by atoms with Gasteiger partial charge in [0.2, 0.25) is 10.0 Å². The third kappa shape index (κ3) is 3.02. The van der Waals surface area contributed by atoms with Crippen LogP contribution in [0.5, 0.6) is 0 Å². The van der Waals surface area contributed by atoms with Gasteiger partial charge in [0.05, 0.1) is 5.69 Å². The van der Waals surface area contributed by atoms with E-state index >= 15 is 0 Å². The molecule has 3 rings (SSSR count). The molecule has 24 heavy (non-hydrogen) atoms. The average molecular weight is 348 g/mol. The van der Waals surface area contributed by atoms with E-state index < -0.39 is 16.1 Å². The second-order valence-electron chi connectivity index (χ2n) is 5.65. The van der Waals surface area contributed by atoms with E-state index in [-0.39, 0.29) is 10.7 Å². The molecule has 0 saturated carbocycles. The van der Waals surface area contributed by atoms with Gasteiger partial charge >= 0.3 is 0 Å². The highest BCUT2D eigenvalue weighted by Gasteiger charge is 2.20. The van der Waals surface area contributed by atoms with Gasteiger partial charge in [-0.15, -0.1) is 0 Å². The molecule has 3 aromatic rings. The number of aromatic nitrogens is 3. The SMILES string of the molecule is Cc1nn(C)c2ncc(S(=O)(=O)N[C@@H](C)c3ccc(F)cc3)cc12. The third-order valence-corrected chi connectivity index (χ3v) is 5.36. The van der Waals surface area contributed by atoms with Crippen molar-refractivity contribution in [1.82, 2.24) is 19.5 Å². The molecule has 1 N–H and O–H groups in total. The second kappa shape index (κ2) is 5.95. The summed E-state index contributed by atoms with van der Waals surface area (Å²) in [7, 11) is -2.00. The summed E-state index contributed by atoms with van der Waals surface area (Å²) in [6.45, 7) is 3.50. The molecule has 0 unspecified atom stereocenters. The Morgan fingerprint density at radius 3 is 2.58 bits per heavy atom. The lowest BCUT2D eigenvalue weighted by Gasteiger charge is -2.14.